The highest BCUT2D eigenvalue weighted by molar-refractivity contribution is 5.93. The van der Waals surface area contributed by atoms with Crippen molar-refractivity contribution in [3.63, 3.8) is 0 Å². The third-order valence-corrected chi connectivity index (χ3v) is 2.82. The molecule has 0 aliphatic rings. The van der Waals surface area contributed by atoms with E-state index in [2.05, 4.69) is 0 Å². The first-order valence-corrected chi connectivity index (χ1v) is 6.29. The maximum atomic E-state index is 13.7. The summed E-state index contributed by atoms with van der Waals surface area (Å²) in [4.78, 5) is 0. The van der Waals surface area contributed by atoms with Gasteiger partial charge in [0, 0.05) is 10.8 Å². The monoisotopic (exact) mass is 280 g/mol. The van der Waals surface area contributed by atoms with Gasteiger partial charge in [-0.15, -0.1) is 6.42 Å². The van der Waals surface area contributed by atoms with E-state index in [-0.39, 0.29) is 22.1 Å². The number of phenolic OH excluding ortho intramolecular Hbond substituents is 1. The van der Waals surface area contributed by atoms with Gasteiger partial charge in [0.1, 0.15) is 5.75 Å². The zero-order valence-corrected chi connectivity index (χ0v) is 11.5. The number of aryl methyl sites for hydroxylation is 1. The highest BCUT2D eigenvalue weighted by atomic mass is 19.2. The summed E-state index contributed by atoms with van der Waals surface area (Å²) in [5, 5.41) is 9.38. The Labute approximate surface area is 116 Å². The number of terminal acetylenes is 1. The quantitative estimate of drug-likeness (QED) is 0.601. The molecule has 4 heteroatoms. The van der Waals surface area contributed by atoms with E-state index in [0.717, 1.165) is 6.07 Å². The minimum Gasteiger partial charge on any atom is -0.508 e. The molecule has 2 rings (SSSR count). The molecule has 0 unspecified atom stereocenters. The number of aromatic hydroxyl groups is 1. The van der Waals surface area contributed by atoms with E-state index in [1.807, 2.05) is 19.8 Å². The number of rotatable bonds is 1. The van der Waals surface area contributed by atoms with Crippen LogP contribution < -0.4 is 0 Å². The number of fused-ring (bicyclic) bond motifs is 1. The van der Waals surface area contributed by atoms with Crippen LogP contribution >= 0.6 is 0 Å². The Kier molecular flexibility index (Phi) is 5.04. The third-order valence-electron chi connectivity index (χ3n) is 2.82. The molecule has 0 aliphatic heterocycles. The molecule has 1 N–H and O–H groups in total. The third kappa shape index (κ3) is 2.44. The molecule has 0 aliphatic carbocycles. The summed E-state index contributed by atoms with van der Waals surface area (Å²) in [6.45, 7) is 5.74. The first-order valence-electron chi connectivity index (χ1n) is 6.29. The summed E-state index contributed by atoms with van der Waals surface area (Å²) in [6.07, 6.45) is 5.56. The normalized spacial score (nSPS) is 9.85. The molecule has 0 aromatic heterocycles. The lowest BCUT2D eigenvalue weighted by atomic mass is 9.96. The zero-order valence-electron chi connectivity index (χ0n) is 11.5. The number of benzene rings is 2. The van der Waals surface area contributed by atoms with Crippen molar-refractivity contribution in [3.05, 3.63) is 40.7 Å². The van der Waals surface area contributed by atoms with Crippen molar-refractivity contribution in [3.8, 4) is 18.1 Å². The summed E-state index contributed by atoms with van der Waals surface area (Å²) in [7, 11) is 0. The second-order valence-corrected chi connectivity index (χ2v) is 3.84. The summed E-state index contributed by atoms with van der Waals surface area (Å²) in [6, 6.07) is 2.40. The van der Waals surface area contributed by atoms with Crippen molar-refractivity contribution >= 4 is 10.8 Å². The van der Waals surface area contributed by atoms with Crippen molar-refractivity contribution in [2.24, 2.45) is 0 Å². The fraction of sp³-hybridized carbons (Fsp3) is 0.250. The van der Waals surface area contributed by atoms with Crippen LogP contribution in [0.2, 0.25) is 0 Å². The van der Waals surface area contributed by atoms with Crippen molar-refractivity contribution in [2.45, 2.75) is 27.2 Å². The van der Waals surface area contributed by atoms with E-state index < -0.39 is 17.5 Å². The molecule has 106 valence electrons. The first kappa shape index (κ1) is 15.9. The number of halogens is 3. The molecule has 0 fully saturated rings. The van der Waals surface area contributed by atoms with Crippen molar-refractivity contribution < 1.29 is 18.3 Å². The van der Waals surface area contributed by atoms with Crippen molar-refractivity contribution in [1.82, 2.24) is 0 Å². The van der Waals surface area contributed by atoms with Crippen LogP contribution in [-0.4, -0.2) is 5.11 Å². The van der Waals surface area contributed by atoms with E-state index in [0.29, 0.717) is 12.0 Å². The predicted octanol–water partition coefficient (Wildman–Crippen LogP) is 4.53. The maximum absolute atomic E-state index is 13.7. The Morgan fingerprint density at radius 2 is 1.70 bits per heavy atom. The van der Waals surface area contributed by atoms with Gasteiger partial charge in [-0.2, -0.15) is 0 Å². The lowest BCUT2D eigenvalue weighted by Crippen LogP contribution is -2.00. The van der Waals surface area contributed by atoms with E-state index in [1.54, 1.807) is 6.92 Å². The minimum atomic E-state index is -1.62. The molecule has 0 saturated heterocycles. The second kappa shape index (κ2) is 6.33. The van der Waals surface area contributed by atoms with Crippen LogP contribution in [0.5, 0.6) is 5.75 Å². The van der Waals surface area contributed by atoms with Gasteiger partial charge in [-0.3, -0.25) is 0 Å². The SMILES string of the molecule is C#Cc1c(F)c(F)c(F)c2cc(O)cc(CC)c12.CC. The molecule has 2 aromatic rings. The van der Waals surface area contributed by atoms with E-state index in [1.165, 1.54) is 6.07 Å². The van der Waals surface area contributed by atoms with Crippen LogP contribution in [0.1, 0.15) is 31.9 Å². The topological polar surface area (TPSA) is 20.2 Å². The van der Waals surface area contributed by atoms with Crippen molar-refractivity contribution in [2.75, 3.05) is 0 Å². The Balaban J connectivity index is 0.000000956. The summed E-state index contributed by atoms with van der Waals surface area (Å²) >= 11 is 0. The summed E-state index contributed by atoms with van der Waals surface area (Å²) in [5.74, 6) is -2.51. The maximum Gasteiger partial charge on any atom is 0.196 e. The highest BCUT2D eigenvalue weighted by Gasteiger charge is 2.21. The van der Waals surface area contributed by atoms with E-state index >= 15 is 0 Å². The summed E-state index contributed by atoms with van der Waals surface area (Å²) < 4.78 is 40.6. The Hall–Kier alpha value is -2.15. The molecular formula is C16H15F3O. The largest absolute Gasteiger partial charge is 0.508 e. The molecule has 0 heterocycles. The smallest absolute Gasteiger partial charge is 0.196 e. The Bertz CT molecular complexity index is 685. The molecule has 0 atom stereocenters. The van der Waals surface area contributed by atoms with Crippen LogP contribution in [0.3, 0.4) is 0 Å². The minimum absolute atomic E-state index is 0.134. The molecule has 0 radical (unpaired) electrons. The average Bonchev–Trinajstić information content (AvgIpc) is 2.47. The average molecular weight is 280 g/mol. The molecule has 0 amide bonds. The molecule has 20 heavy (non-hydrogen) atoms. The number of phenols is 1. The Morgan fingerprint density at radius 3 is 2.20 bits per heavy atom. The lowest BCUT2D eigenvalue weighted by molar-refractivity contribution is 0.450. The van der Waals surface area contributed by atoms with Gasteiger partial charge in [0.25, 0.3) is 0 Å². The number of hydrogen-bond donors (Lipinski definition) is 1. The van der Waals surface area contributed by atoms with Gasteiger partial charge in [0.2, 0.25) is 0 Å². The van der Waals surface area contributed by atoms with E-state index in [9.17, 15) is 18.3 Å². The predicted molar refractivity (Wildman–Crippen MR) is 74.1 cm³/mol. The van der Waals surface area contributed by atoms with Gasteiger partial charge in [-0.05, 0) is 24.1 Å². The second-order valence-electron chi connectivity index (χ2n) is 3.84. The van der Waals surface area contributed by atoms with Crippen LogP contribution in [0.25, 0.3) is 10.8 Å². The number of hydrogen-bond acceptors (Lipinski definition) is 1. The van der Waals surface area contributed by atoms with Gasteiger partial charge in [0.15, 0.2) is 17.5 Å². The molecule has 0 spiro atoms. The molecule has 0 bridgehead atoms. The van der Waals surface area contributed by atoms with Gasteiger partial charge < -0.3 is 5.11 Å². The molecule has 1 nitrogen and oxygen atoms in total. The van der Waals surface area contributed by atoms with Crippen LogP contribution in [-0.2, 0) is 6.42 Å². The van der Waals surface area contributed by atoms with Gasteiger partial charge in [0.05, 0.1) is 5.56 Å². The fourth-order valence-electron chi connectivity index (χ4n) is 2.00. The van der Waals surface area contributed by atoms with E-state index in [4.69, 9.17) is 6.42 Å². The highest BCUT2D eigenvalue weighted by Crippen LogP contribution is 2.33. The first-order chi connectivity index (χ1) is 9.51. The fourth-order valence-corrected chi connectivity index (χ4v) is 2.00. The van der Waals surface area contributed by atoms with Crippen LogP contribution in [0, 0.1) is 29.8 Å². The van der Waals surface area contributed by atoms with Gasteiger partial charge in [-0.1, -0.05) is 26.7 Å². The van der Waals surface area contributed by atoms with Crippen LogP contribution in [0.4, 0.5) is 13.2 Å². The van der Waals surface area contributed by atoms with Gasteiger partial charge >= 0.3 is 0 Å². The molecule has 2 aromatic carbocycles. The van der Waals surface area contributed by atoms with Crippen LogP contribution in [0.15, 0.2) is 12.1 Å². The van der Waals surface area contributed by atoms with Crippen molar-refractivity contribution in [1.29, 1.82) is 0 Å². The Morgan fingerprint density at radius 1 is 1.10 bits per heavy atom. The standard InChI is InChI=1S/C14H9F3O.C2H6/c1-3-7-5-8(18)6-10-11(7)9(4-2)12(15)14(17)13(10)16;1-2/h2,5-6,18H,3H2,1H3;1-2H3. The summed E-state index contributed by atoms with van der Waals surface area (Å²) in [5.41, 5.74) is 0.150. The molecule has 0 saturated carbocycles. The molecular weight excluding hydrogens is 265 g/mol. The van der Waals surface area contributed by atoms with Gasteiger partial charge in [-0.25, -0.2) is 13.2 Å². The lowest BCUT2D eigenvalue weighted by Gasteiger charge is -2.11. The zero-order chi connectivity index (χ0) is 15.4.